The number of allylic oxidation sites excluding steroid dienone is 4. The van der Waals surface area contributed by atoms with E-state index in [0.29, 0.717) is 0 Å². The van der Waals surface area contributed by atoms with Gasteiger partial charge in [0.1, 0.15) is 0 Å². The van der Waals surface area contributed by atoms with Crippen molar-refractivity contribution in [3.05, 3.63) is 211 Å². The van der Waals surface area contributed by atoms with E-state index in [9.17, 15) is 0 Å². The van der Waals surface area contributed by atoms with Crippen LogP contribution in [0.25, 0.3) is 60.4 Å². The second-order valence-electron chi connectivity index (χ2n) is 15.4. The molecule has 9 aromatic rings. The molecule has 1 aliphatic heterocycles. The van der Waals surface area contributed by atoms with Crippen LogP contribution in [-0.2, 0) is 5.41 Å². The third-order valence-electron chi connectivity index (χ3n) is 12.0. The van der Waals surface area contributed by atoms with Crippen LogP contribution in [-0.4, -0.2) is 4.98 Å². The highest BCUT2D eigenvalue weighted by Crippen LogP contribution is 2.58. The summed E-state index contributed by atoms with van der Waals surface area (Å²) in [7, 11) is 0. The fraction of sp³-hybridized carbons (Fsp3) is 0.0566. The first-order chi connectivity index (χ1) is 27.6. The number of hydrogen-bond donors (Lipinski definition) is 2. The molecule has 266 valence electrons. The number of benzene rings is 8. The summed E-state index contributed by atoms with van der Waals surface area (Å²) in [6, 6.07) is 66.0. The smallest absolute Gasteiger partial charge is 0.0521 e. The summed E-state index contributed by atoms with van der Waals surface area (Å²) in [5.41, 5.74) is 16.7. The van der Waals surface area contributed by atoms with Crippen LogP contribution >= 0.6 is 0 Å². The van der Waals surface area contributed by atoms with Crippen LogP contribution in [0, 0.1) is 0 Å². The number of nitrogens with one attached hydrogen (secondary N) is 2. The first kappa shape index (κ1) is 32.3. The molecule has 0 amide bonds. The van der Waals surface area contributed by atoms with Crippen LogP contribution in [0.3, 0.4) is 0 Å². The minimum atomic E-state index is -0.253. The molecule has 1 aromatic heterocycles. The Morgan fingerprint density at radius 1 is 0.518 bits per heavy atom. The van der Waals surface area contributed by atoms with E-state index in [1.165, 1.54) is 83.1 Å². The van der Waals surface area contributed by atoms with E-state index in [0.717, 1.165) is 23.3 Å². The van der Waals surface area contributed by atoms with E-state index in [-0.39, 0.29) is 5.41 Å². The van der Waals surface area contributed by atoms with Crippen LogP contribution in [0.4, 0.5) is 22.7 Å². The van der Waals surface area contributed by atoms with Gasteiger partial charge in [0.2, 0.25) is 0 Å². The van der Waals surface area contributed by atoms with Crippen LogP contribution in [0.2, 0.25) is 0 Å². The minimum Gasteiger partial charge on any atom is -0.355 e. The second kappa shape index (κ2) is 12.8. The molecular weight excluding hydrogens is 679 g/mol. The quantitative estimate of drug-likeness (QED) is 0.179. The Morgan fingerprint density at radius 2 is 1.20 bits per heavy atom. The Labute approximate surface area is 326 Å². The van der Waals surface area contributed by atoms with E-state index in [4.69, 9.17) is 0 Å². The van der Waals surface area contributed by atoms with Gasteiger partial charge in [-0.2, -0.15) is 0 Å². The summed E-state index contributed by atoms with van der Waals surface area (Å²) in [5, 5.41) is 8.80. The molecule has 1 unspecified atom stereocenters. The van der Waals surface area contributed by atoms with Crippen molar-refractivity contribution in [2.24, 2.45) is 0 Å². The summed E-state index contributed by atoms with van der Waals surface area (Å²) in [6.45, 7) is 2.44. The number of aromatic amines is 1. The Bertz CT molecular complexity index is 3020. The van der Waals surface area contributed by atoms with Crippen molar-refractivity contribution in [2.75, 3.05) is 10.2 Å². The van der Waals surface area contributed by atoms with Crippen molar-refractivity contribution < 1.29 is 0 Å². The van der Waals surface area contributed by atoms with Gasteiger partial charge in [-0.25, -0.2) is 0 Å². The average molecular weight is 718 g/mol. The van der Waals surface area contributed by atoms with Crippen LogP contribution in [0.1, 0.15) is 24.5 Å². The molecule has 0 saturated heterocycles. The van der Waals surface area contributed by atoms with Gasteiger partial charge >= 0.3 is 0 Å². The number of anilines is 4. The van der Waals surface area contributed by atoms with Crippen LogP contribution in [0.5, 0.6) is 0 Å². The van der Waals surface area contributed by atoms with E-state index in [1.807, 2.05) is 0 Å². The highest BCUT2D eigenvalue weighted by atomic mass is 15.2. The Kier molecular flexibility index (Phi) is 7.36. The van der Waals surface area contributed by atoms with Crippen molar-refractivity contribution in [1.82, 2.24) is 4.98 Å². The Balaban J connectivity index is 1.04. The predicted octanol–water partition coefficient (Wildman–Crippen LogP) is 14.3. The van der Waals surface area contributed by atoms with Gasteiger partial charge in [-0.3, -0.25) is 0 Å². The van der Waals surface area contributed by atoms with Crippen molar-refractivity contribution in [2.45, 2.75) is 18.8 Å². The van der Waals surface area contributed by atoms with E-state index in [2.05, 4.69) is 216 Å². The molecule has 0 radical (unpaired) electrons. The number of hydrogen-bond acceptors (Lipinski definition) is 2. The third kappa shape index (κ3) is 5.20. The lowest BCUT2D eigenvalue weighted by molar-refractivity contribution is 0.586. The third-order valence-corrected chi connectivity index (χ3v) is 12.0. The maximum Gasteiger partial charge on any atom is 0.0521 e. The van der Waals surface area contributed by atoms with Crippen molar-refractivity contribution in [3.63, 3.8) is 0 Å². The molecule has 0 fully saturated rings. The van der Waals surface area contributed by atoms with Gasteiger partial charge in [-0.15, -0.1) is 0 Å². The fourth-order valence-corrected chi connectivity index (χ4v) is 9.19. The molecule has 8 aromatic carbocycles. The largest absolute Gasteiger partial charge is 0.355 e. The topological polar surface area (TPSA) is 31.1 Å². The molecule has 11 rings (SSSR count). The highest BCUT2D eigenvalue weighted by Gasteiger charge is 2.46. The van der Waals surface area contributed by atoms with Crippen LogP contribution < -0.4 is 10.2 Å². The monoisotopic (exact) mass is 717 g/mol. The molecule has 2 aliphatic rings. The summed E-state index contributed by atoms with van der Waals surface area (Å²) >= 11 is 0. The normalized spacial score (nSPS) is 16.1. The molecule has 3 heteroatoms. The SMILES string of the molecule is CC12CC(c3ccc(Nc4cccc5ccccc45)c(-c4ccccc4)c3)=CC=C1N(c1ccc(-c3ccccc3)cc1)c1cc3[nH]c4ccccc4c3cc12. The molecule has 0 spiro atoms. The molecule has 3 nitrogen and oxygen atoms in total. The standard InChI is InChI=1S/C53H39N3/c1-53-34-40(39-25-29-49(44(31-39)38-15-6-3-7-16-38)54-47-22-12-18-37-17-8-9-19-42(37)47)26-30-52(53)56(41-27-23-36(24-28-41)35-13-4-2-5-14-35)51-33-50-45(32-46(51)53)43-20-10-11-21-48(43)55-50/h2-33,54-55H,34H2,1H3. The number of para-hydroxylation sites is 1. The lowest BCUT2D eigenvalue weighted by Crippen LogP contribution is -2.28. The van der Waals surface area contributed by atoms with E-state index < -0.39 is 0 Å². The van der Waals surface area contributed by atoms with Gasteiger partial charge in [0.25, 0.3) is 0 Å². The number of H-pyrrole nitrogens is 1. The first-order valence-electron chi connectivity index (χ1n) is 19.5. The summed E-state index contributed by atoms with van der Waals surface area (Å²) in [5.74, 6) is 0. The Hall–Kier alpha value is -7.10. The maximum atomic E-state index is 3.83. The zero-order valence-electron chi connectivity index (χ0n) is 31.1. The minimum absolute atomic E-state index is 0.253. The highest BCUT2D eigenvalue weighted by molar-refractivity contribution is 6.09. The second-order valence-corrected chi connectivity index (χ2v) is 15.4. The van der Waals surface area contributed by atoms with E-state index in [1.54, 1.807) is 0 Å². The zero-order valence-corrected chi connectivity index (χ0v) is 31.1. The molecule has 2 N–H and O–H groups in total. The average Bonchev–Trinajstić information content (AvgIpc) is 3.75. The van der Waals surface area contributed by atoms with Crippen molar-refractivity contribution in [3.8, 4) is 22.3 Å². The fourth-order valence-electron chi connectivity index (χ4n) is 9.19. The number of nitrogens with zero attached hydrogens (tertiary/aromatic N) is 1. The molecule has 0 bridgehead atoms. The number of aromatic nitrogens is 1. The molecule has 0 saturated carbocycles. The van der Waals surface area contributed by atoms with Crippen molar-refractivity contribution >= 4 is 60.9 Å². The van der Waals surface area contributed by atoms with Gasteiger partial charge in [0.15, 0.2) is 0 Å². The molecule has 1 atom stereocenters. The predicted molar refractivity (Wildman–Crippen MR) is 237 cm³/mol. The maximum absolute atomic E-state index is 3.83. The first-order valence-corrected chi connectivity index (χ1v) is 19.5. The lowest BCUT2D eigenvalue weighted by atomic mass is 9.72. The van der Waals surface area contributed by atoms with Crippen LogP contribution in [0.15, 0.2) is 200 Å². The summed E-state index contributed by atoms with van der Waals surface area (Å²) in [6.07, 6.45) is 5.61. The number of fused-ring (bicyclic) bond motifs is 7. The molecule has 56 heavy (non-hydrogen) atoms. The van der Waals surface area contributed by atoms with E-state index >= 15 is 0 Å². The molecule has 1 aliphatic carbocycles. The van der Waals surface area contributed by atoms with Crippen molar-refractivity contribution in [1.29, 1.82) is 0 Å². The van der Waals surface area contributed by atoms with Gasteiger partial charge in [0, 0.05) is 60.9 Å². The van der Waals surface area contributed by atoms with Gasteiger partial charge in [0.05, 0.1) is 5.69 Å². The van der Waals surface area contributed by atoms with Gasteiger partial charge < -0.3 is 15.2 Å². The zero-order chi connectivity index (χ0) is 37.2. The Morgan fingerprint density at radius 3 is 2.02 bits per heavy atom. The van der Waals surface area contributed by atoms with Gasteiger partial charge in [-0.05, 0) is 107 Å². The summed E-state index contributed by atoms with van der Waals surface area (Å²) < 4.78 is 0. The van der Waals surface area contributed by atoms with Gasteiger partial charge in [-0.1, -0.05) is 140 Å². The lowest BCUT2D eigenvalue weighted by Gasteiger charge is -2.34. The molecule has 2 heterocycles. The molecular formula is C53H39N3. The summed E-state index contributed by atoms with van der Waals surface area (Å²) in [4.78, 5) is 6.22. The number of rotatable bonds is 6.